The molecule has 1 atom stereocenters. The summed E-state index contributed by atoms with van der Waals surface area (Å²) >= 11 is 0. The summed E-state index contributed by atoms with van der Waals surface area (Å²) in [6, 6.07) is 11.0. The summed E-state index contributed by atoms with van der Waals surface area (Å²) in [7, 11) is 0. The molecule has 1 aliphatic heterocycles. The average Bonchev–Trinajstić information content (AvgIpc) is 2.89. The molecule has 0 spiro atoms. The van der Waals surface area contributed by atoms with E-state index >= 15 is 0 Å². The quantitative estimate of drug-likeness (QED) is 0.731. The third-order valence-electron chi connectivity index (χ3n) is 5.67. The van der Waals surface area contributed by atoms with Gasteiger partial charge in [-0.15, -0.1) is 0 Å². The second-order valence-electron chi connectivity index (χ2n) is 8.55. The van der Waals surface area contributed by atoms with Crippen molar-refractivity contribution in [1.82, 2.24) is 10.2 Å². The number of carbonyl (C=O) groups is 3. The highest BCUT2D eigenvalue weighted by Crippen LogP contribution is 2.30. The monoisotopic (exact) mass is 407 g/mol. The van der Waals surface area contributed by atoms with Gasteiger partial charge in [-0.1, -0.05) is 55.8 Å². The van der Waals surface area contributed by atoms with Gasteiger partial charge in [-0.05, 0) is 55.9 Å². The van der Waals surface area contributed by atoms with E-state index in [4.69, 9.17) is 0 Å². The van der Waals surface area contributed by atoms with Gasteiger partial charge in [0.2, 0.25) is 5.91 Å². The van der Waals surface area contributed by atoms with Crippen molar-refractivity contribution in [3.05, 3.63) is 64.2 Å². The molecule has 0 aromatic heterocycles. The Labute approximate surface area is 177 Å². The summed E-state index contributed by atoms with van der Waals surface area (Å²) in [6.45, 7) is 11.4. The minimum absolute atomic E-state index is 0.336. The molecule has 1 aliphatic rings. The Morgan fingerprint density at radius 1 is 1.07 bits per heavy atom. The van der Waals surface area contributed by atoms with E-state index in [9.17, 15) is 14.4 Å². The first kappa shape index (κ1) is 21.6. The molecule has 0 saturated carbocycles. The fourth-order valence-electron chi connectivity index (χ4n) is 3.94. The molecule has 1 saturated heterocycles. The highest BCUT2D eigenvalue weighted by Gasteiger charge is 2.49. The van der Waals surface area contributed by atoms with Crippen molar-refractivity contribution in [2.45, 2.75) is 53.0 Å². The fourth-order valence-corrected chi connectivity index (χ4v) is 3.94. The summed E-state index contributed by atoms with van der Waals surface area (Å²) in [4.78, 5) is 39.2. The number of urea groups is 1. The van der Waals surface area contributed by atoms with Crippen molar-refractivity contribution in [1.29, 1.82) is 0 Å². The zero-order chi connectivity index (χ0) is 22.2. The highest BCUT2D eigenvalue weighted by atomic mass is 16.2. The molecule has 0 aliphatic carbocycles. The summed E-state index contributed by atoms with van der Waals surface area (Å²) in [6.07, 6.45) is 0. The molecule has 2 aromatic rings. The van der Waals surface area contributed by atoms with E-state index in [1.807, 2.05) is 57.2 Å². The first-order valence-electron chi connectivity index (χ1n) is 10.1. The van der Waals surface area contributed by atoms with E-state index in [0.29, 0.717) is 17.2 Å². The first-order chi connectivity index (χ1) is 14.0. The molecule has 4 amide bonds. The van der Waals surface area contributed by atoms with Crippen LogP contribution < -0.4 is 10.6 Å². The zero-order valence-corrected chi connectivity index (χ0v) is 18.4. The normalized spacial score (nSPS) is 18.7. The number of benzene rings is 2. The molecule has 0 unspecified atom stereocenters. The van der Waals surface area contributed by atoms with Gasteiger partial charge in [-0.2, -0.15) is 0 Å². The van der Waals surface area contributed by atoms with Gasteiger partial charge >= 0.3 is 6.03 Å². The molecule has 0 radical (unpaired) electrons. The maximum Gasteiger partial charge on any atom is 0.325 e. The largest absolute Gasteiger partial charge is 0.325 e. The van der Waals surface area contributed by atoms with Crippen LogP contribution in [0.1, 0.15) is 54.5 Å². The lowest BCUT2D eigenvalue weighted by Crippen LogP contribution is -2.42. The Balaban J connectivity index is 1.77. The number of nitrogens with zero attached hydrogens (tertiary/aromatic N) is 1. The second-order valence-corrected chi connectivity index (χ2v) is 8.55. The predicted octanol–water partition coefficient (Wildman–Crippen LogP) is 4.14. The standard InChI is InChI=1S/C24H29N3O3/c1-14(2)18-7-9-19(10-8-18)24(6)22(29)27(23(30)26-24)13-20(28)25-21-16(4)11-15(3)12-17(21)5/h7-12,14H,13H2,1-6H3,(H,25,28)(H,26,30)/t24-/m1/s1. The molecule has 30 heavy (non-hydrogen) atoms. The van der Waals surface area contributed by atoms with Crippen molar-refractivity contribution in [2.24, 2.45) is 0 Å². The average molecular weight is 408 g/mol. The number of rotatable bonds is 5. The van der Waals surface area contributed by atoms with E-state index in [0.717, 1.165) is 27.2 Å². The lowest BCUT2D eigenvalue weighted by Gasteiger charge is -2.23. The van der Waals surface area contributed by atoms with Crippen LogP contribution in [-0.4, -0.2) is 29.3 Å². The van der Waals surface area contributed by atoms with E-state index in [1.165, 1.54) is 0 Å². The number of hydrogen-bond donors (Lipinski definition) is 2. The molecule has 1 fully saturated rings. The highest BCUT2D eigenvalue weighted by molar-refractivity contribution is 6.10. The van der Waals surface area contributed by atoms with Gasteiger partial charge in [-0.25, -0.2) is 4.79 Å². The first-order valence-corrected chi connectivity index (χ1v) is 10.1. The molecule has 0 bridgehead atoms. The molecule has 6 nitrogen and oxygen atoms in total. The topological polar surface area (TPSA) is 78.5 Å². The molecule has 2 aromatic carbocycles. The Hall–Kier alpha value is -3.15. The Bertz CT molecular complexity index is 988. The number of anilines is 1. The van der Waals surface area contributed by atoms with Gasteiger partial charge in [0.1, 0.15) is 12.1 Å². The van der Waals surface area contributed by atoms with Gasteiger partial charge < -0.3 is 10.6 Å². The van der Waals surface area contributed by atoms with Crippen molar-refractivity contribution in [2.75, 3.05) is 11.9 Å². The molecule has 1 heterocycles. The van der Waals surface area contributed by atoms with Gasteiger partial charge in [0.05, 0.1) is 0 Å². The molecule has 3 rings (SSSR count). The van der Waals surface area contributed by atoms with Gasteiger partial charge in [0, 0.05) is 5.69 Å². The maximum absolute atomic E-state index is 13.1. The Kier molecular flexibility index (Phi) is 5.70. The van der Waals surface area contributed by atoms with Crippen LogP contribution in [0.15, 0.2) is 36.4 Å². The maximum atomic E-state index is 13.1. The van der Waals surface area contributed by atoms with Crippen LogP contribution in [0.4, 0.5) is 10.5 Å². The molecular weight excluding hydrogens is 378 g/mol. The van der Waals surface area contributed by atoms with Gasteiger partial charge in [0.15, 0.2) is 0 Å². The summed E-state index contributed by atoms with van der Waals surface area (Å²) in [5.41, 5.74) is 4.35. The third-order valence-corrected chi connectivity index (χ3v) is 5.67. The number of hydrogen-bond acceptors (Lipinski definition) is 3. The summed E-state index contributed by atoms with van der Waals surface area (Å²) in [5.74, 6) is -0.472. The number of amides is 4. The van der Waals surface area contributed by atoms with Crippen LogP contribution in [0.25, 0.3) is 0 Å². The van der Waals surface area contributed by atoms with Crippen molar-refractivity contribution < 1.29 is 14.4 Å². The fraction of sp³-hybridized carbons (Fsp3) is 0.375. The lowest BCUT2D eigenvalue weighted by molar-refractivity contribution is -0.133. The van der Waals surface area contributed by atoms with Crippen LogP contribution in [0, 0.1) is 20.8 Å². The third kappa shape index (κ3) is 3.95. The lowest BCUT2D eigenvalue weighted by atomic mass is 9.90. The van der Waals surface area contributed by atoms with Crippen LogP contribution in [0.2, 0.25) is 0 Å². The number of carbonyl (C=O) groups excluding carboxylic acids is 3. The molecule has 158 valence electrons. The van der Waals surface area contributed by atoms with E-state index in [-0.39, 0.29) is 6.54 Å². The van der Waals surface area contributed by atoms with E-state index in [2.05, 4.69) is 24.5 Å². The zero-order valence-electron chi connectivity index (χ0n) is 18.4. The van der Waals surface area contributed by atoms with Crippen LogP contribution in [-0.2, 0) is 15.1 Å². The molecule has 6 heteroatoms. The molecule has 2 N–H and O–H groups in total. The Morgan fingerprint density at radius 3 is 2.17 bits per heavy atom. The second kappa shape index (κ2) is 7.94. The summed E-state index contributed by atoms with van der Waals surface area (Å²) < 4.78 is 0. The van der Waals surface area contributed by atoms with Crippen LogP contribution >= 0.6 is 0 Å². The van der Waals surface area contributed by atoms with Crippen molar-refractivity contribution in [3.8, 4) is 0 Å². The minimum atomic E-state index is -1.19. The Morgan fingerprint density at radius 2 is 1.63 bits per heavy atom. The SMILES string of the molecule is Cc1cc(C)c(NC(=O)CN2C(=O)N[C@](C)(c3ccc(C(C)C)cc3)C2=O)c(C)c1. The minimum Gasteiger partial charge on any atom is -0.324 e. The van der Waals surface area contributed by atoms with Crippen LogP contribution in [0.3, 0.4) is 0 Å². The molecular formula is C24H29N3O3. The van der Waals surface area contributed by atoms with Crippen molar-refractivity contribution in [3.63, 3.8) is 0 Å². The smallest absolute Gasteiger partial charge is 0.324 e. The van der Waals surface area contributed by atoms with Gasteiger partial charge in [0.25, 0.3) is 5.91 Å². The van der Waals surface area contributed by atoms with E-state index in [1.54, 1.807) is 6.92 Å². The number of nitrogens with one attached hydrogen (secondary N) is 2. The summed E-state index contributed by atoms with van der Waals surface area (Å²) in [5, 5.41) is 5.60. The van der Waals surface area contributed by atoms with E-state index < -0.39 is 23.4 Å². The predicted molar refractivity (Wildman–Crippen MR) is 117 cm³/mol. The number of aryl methyl sites for hydroxylation is 3. The van der Waals surface area contributed by atoms with Crippen molar-refractivity contribution >= 4 is 23.5 Å². The van der Waals surface area contributed by atoms with Crippen LogP contribution in [0.5, 0.6) is 0 Å². The van der Waals surface area contributed by atoms with Gasteiger partial charge in [-0.3, -0.25) is 14.5 Å². The number of imide groups is 1.